The van der Waals surface area contributed by atoms with Gasteiger partial charge in [-0.05, 0) is 104 Å². The fourth-order valence-corrected chi connectivity index (χ4v) is 6.40. The first kappa shape index (κ1) is 28.1. The van der Waals surface area contributed by atoms with Gasteiger partial charge in [-0.1, -0.05) is 17.7 Å². The molecule has 1 saturated carbocycles. The molecule has 3 aromatic rings. The van der Waals surface area contributed by atoms with Gasteiger partial charge < -0.3 is 5.73 Å². The molecular weight excluding hydrogens is 510 g/mol. The molecule has 1 aliphatic heterocycles. The summed E-state index contributed by atoms with van der Waals surface area (Å²) in [6.45, 7) is 11.1. The molecule has 2 atom stereocenters. The van der Waals surface area contributed by atoms with Gasteiger partial charge in [-0.3, -0.25) is 14.5 Å². The summed E-state index contributed by atoms with van der Waals surface area (Å²) in [4.78, 5) is 28.4. The van der Waals surface area contributed by atoms with Crippen molar-refractivity contribution in [3.8, 4) is 11.1 Å². The van der Waals surface area contributed by atoms with Gasteiger partial charge in [0.25, 0.3) is 5.56 Å². The molecule has 212 valence electrons. The Hall–Kier alpha value is -3.39. The van der Waals surface area contributed by atoms with E-state index in [2.05, 4.69) is 17.2 Å². The second-order valence-corrected chi connectivity index (χ2v) is 11.8. The van der Waals surface area contributed by atoms with Crippen LogP contribution in [0.4, 0.5) is 8.78 Å². The van der Waals surface area contributed by atoms with Gasteiger partial charge in [0.1, 0.15) is 18.0 Å². The monoisotopic (exact) mass is 548 g/mol. The van der Waals surface area contributed by atoms with E-state index in [0.717, 1.165) is 40.7 Å². The number of nitrogens with zero attached hydrogens (tertiary/aromatic N) is 3. The topological polar surface area (TPSA) is 81.2 Å². The van der Waals surface area contributed by atoms with Gasteiger partial charge in [0.2, 0.25) is 5.91 Å². The molecule has 2 aliphatic rings. The quantitative estimate of drug-likeness (QED) is 0.408. The van der Waals surface area contributed by atoms with Gasteiger partial charge in [0.15, 0.2) is 0 Å². The van der Waals surface area contributed by atoms with Gasteiger partial charge in [0, 0.05) is 38.0 Å². The summed E-state index contributed by atoms with van der Waals surface area (Å²) in [6.07, 6.45) is 1.33. The Morgan fingerprint density at radius 2 is 1.65 bits per heavy atom. The van der Waals surface area contributed by atoms with Crippen LogP contribution in [0.1, 0.15) is 63.9 Å². The van der Waals surface area contributed by atoms with E-state index < -0.39 is 29.6 Å². The van der Waals surface area contributed by atoms with E-state index in [9.17, 15) is 14.0 Å². The van der Waals surface area contributed by atoms with Crippen LogP contribution in [0.2, 0.25) is 0 Å². The van der Waals surface area contributed by atoms with Crippen molar-refractivity contribution in [2.45, 2.75) is 72.0 Å². The van der Waals surface area contributed by atoms with Crippen LogP contribution in [0.25, 0.3) is 11.1 Å². The SMILES string of the molecule is Cc1cc(C)c(-c2cc(C)c(F)c([C@H](C3CC3)[C@@H](C(N)=O)n3nc(CCN4CC(F)C4)c(C)cc3=O)c2)c(C)c1. The number of aryl methyl sites for hydroxylation is 5. The van der Waals surface area contributed by atoms with Crippen LogP contribution in [0.3, 0.4) is 0 Å². The maximum Gasteiger partial charge on any atom is 0.267 e. The highest BCUT2D eigenvalue weighted by atomic mass is 19.1. The Kier molecular flexibility index (Phi) is 7.66. The molecule has 2 fully saturated rings. The second kappa shape index (κ2) is 10.9. The summed E-state index contributed by atoms with van der Waals surface area (Å²) in [7, 11) is 0. The largest absolute Gasteiger partial charge is 0.368 e. The van der Waals surface area contributed by atoms with E-state index in [1.165, 1.54) is 10.7 Å². The minimum absolute atomic E-state index is 0.00268. The van der Waals surface area contributed by atoms with Crippen molar-refractivity contribution in [3.63, 3.8) is 0 Å². The highest BCUT2D eigenvalue weighted by Gasteiger charge is 2.44. The Morgan fingerprint density at radius 3 is 2.23 bits per heavy atom. The number of alkyl halides is 1. The van der Waals surface area contributed by atoms with Crippen LogP contribution in [-0.2, 0) is 11.2 Å². The number of aromatic nitrogens is 2. The number of likely N-dealkylation sites (tertiary alicyclic amines) is 1. The average Bonchev–Trinajstić information content (AvgIpc) is 3.67. The van der Waals surface area contributed by atoms with E-state index in [4.69, 9.17) is 5.73 Å². The summed E-state index contributed by atoms with van der Waals surface area (Å²) in [5.74, 6) is -1.73. The molecule has 1 amide bonds. The van der Waals surface area contributed by atoms with E-state index >= 15 is 4.39 Å². The number of halogens is 2. The number of nitrogens with two attached hydrogens (primary N) is 1. The van der Waals surface area contributed by atoms with Crippen molar-refractivity contribution in [3.05, 3.63) is 85.6 Å². The minimum Gasteiger partial charge on any atom is -0.368 e. The lowest BCUT2D eigenvalue weighted by Crippen LogP contribution is -2.49. The molecule has 5 rings (SSSR count). The highest BCUT2D eigenvalue weighted by molar-refractivity contribution is 5.80. The number of benzene rings is 2. The Labute approximate surface area is 234 Å². The summed E-state index contributed by atoms with van der Waals surface area (Å²) in [6, 6.07) is 8.23. The average molecular weight is 549 g/mol. The molecule has 6 nitrogen and oxygen atoms in total. The second-order valence-electron chi connectivity index (χ2n) is 11.8. The third-order valence-corrected chi connectivity index (χ3v) is 8.46. The number of primary amides is 1. The summed E-state index contributed by atoms with van der Waals surface area (Å²) in [5, 5.41) is 4.63. The van der Waals surface area contributed by atoms with Crippen molar-refractivity contribution in [1.82, 2.24) is 14.7 Å². The van der Waals surface area contributed by atoms with Crippen LogP contribution in [0.5, 0.6) is 0 Å². The predicted octanol–water partition coefficient (Wildman–Crippen LogP) is 5.01. The van der Waals surface area contributed by atoms with E-state index in [0.29, 0.717) is 48.4 Å². The van der Waals surface area contributed by atoms with Crippen molar-refractivity contribution in [2.24, 2.45) is 11.7 Å². The summed E-state index contributed by atoms with van der Waals surface area (Å²) in [5.41, 5.74) is 13.0. The maximum atomic E-state index is 16.0. The molecule has 1 aromatic heterocycles. The normalized spacial score (nSPS) is 17.5. The smallest absolute Gasteiger partial charge is 0.267 e. The zero-order chi connectivity index (χ0) is 28.9. The first-order chi connectivity index (χ1) is 18.9. The Balaban J connectivity index is 1.60. The molecule has 1 aliphatic carbocycles. The van der Waals surface area contributed by atoms with Crippen molar-refractivity contribution in [2.75, 3.05) is 19.6 Å². The lowest BCUT2D eigenvalue weighted by atomic mass is 9.82. The molecule has 2 heterocycles. The van der Waals surface area contributed by atoms with Gasteiger partial charge in [-0.15, -0.1) is 0 Å². The zero-order valence-electron chi connectivity index (χ0n) is 23.9. The summed E-state index contributed by atoms with van der Waals surface area (Å²) < 4.78 is 30.4. The maximum absolute atomic E-state index is 16.0. The molecule has 0 unspecified atom stereocenters. The molecule has 0 spiro atoms. The van der Waals surface area contributed by atoms with Crippen LogP contribution in [0, 0.1) is 46.4 Å². The van der Waals surface area contributed by atoms with Gasteiger partial charge in [-0.2, -0.15) is 5.10 Å². The van der Waals surface area contributed by atoms with Crippen LogP contribution in [0.15, 0.2) is 35.1 Å². The number of carbonyl (C=O) groups excluding carboxylic acids is 1. The number of hydrogen-bond donors (Lipinski definition) is 1. The lowest BCUT2D eigenvalue weighted by molar-refractivity contribution is -0.122. The first-order valence-electron chi connectivity index (χ1n) is 14.1. The van der Waals surface area contributed by atoms with Crippen molar-refractivity contribution in [1.29, 1.82) is 0 Å². The Morgan fingerprint density at radius 1 is 1.00 bits per heavy atom. The van der Waals surface area contributed by atoms with E-state index in [-0.39, 0.29) is 11.7 Å². The number of carbonyl (C=O) groups is 1. The van der Waals surface area contributed by atoms with Gasteiger partial charge >= 0.3 is 0 Å². The highest BCUT2D eigenvalue weighted by Crippen LogP contribution is 2.49. The van der Waals surface area contributed by atoms with Crippen molar-refractivity contribution < 1.29 is 13.6 Å². The predicted molar refractivity (Wildman–Crippen MR) is 153 cm³/mol. The third-order valence-electron chi connectivity index (χ3n) is 8.46. The standard InChI is InChI=1S/C32H38F2N4O2/c1-17-10-19(3)28(20(4)11-17)23-12-21(5)30(34)25(14-23)29(22-6-7-22)31(32(35)40)38-27(39)13-18(2)26(36-38)8-9-37-15-24(33)16-37/h10-14,22,24,29,31H,6-9,15-16H2,1-5H3,(H2,35,40)/t29-,31-/m0/s1. The number of hydrogen-bond acceptors (Lipinski definition) is 4. The molecule has 40 heavy (non-hydrogen) atoms. The van der Waals surface area contributed by atoms with Gasteiger partial charge in [-0.25, -0.2) is 13.5 Å². The number of rotatable bonds is 9. The zero-order valence-corrected chi connectivity index (χ0v) is 23.9. The number of amides is 1. The van der Waals surface area contributed by atoms with Crippen LogP contribution < -0.4 is 11.3 Å². The van der Waals surface area contributed by atoms with E-state index in [1.807, 2.05) is 37.8 Å². The first-order valence-corrected chi connectivity index (χ1v) is 14.1. The summed E-state index contributed by atoms with van der Waals surface area (Å²) >= 11 is 0. The molecular formula is C32H38F2N4O2. The fraction of sp³-hybridized carbons (Fsp3) is 0.469. The molecule has 2 N–H and O–H groups in total. The fourth-order valence-electron chi connectivity index (χ4n) is 6.40. The van der Waals surface area contributed by atoms with Gasteiger partial charge in [0.05, 0.1) is 5.69 Å². The molecule has 8 heteroatoms. The third kappa shape index (κ3) is 5.46. The van der Waals surface area contributed by atoms with Crippen molar-refractivity contribution >= 4 is 5.91 Å². The molecule has 1 saturated heterocycles. The van der Waals surface area contributed by atoms with Crippen LogP contribution >= 0.6 is 0 Å². The Bertz CT molecular complexity index is 1500. The minimum atomic E-state index is -1.14. The lowest BCUT2D eigenvalue weighted by Gasteiger charge is -2.34. The van der Waals surface area contributed by atoms with E-state index in [1.54, 1.807) is 13.8 Å². The molecule has 0 radical (unpaired) electrons. The molecule has 0 bridgehead atoms. The molecule has 2 aromatic carbocycles. The van der Waals surface area contributed by atoms with Crippen LogP contribution in [-0.4, -0.2) is 46.4 Å².